The third-order valence-corrected chi connectivity index (χ3v) is 2.40. The van der Waals surface area contributed by atoms with Crippen LogP contribution in [0.4, 0.5) is 0 Å². The lowest BCUT2D eigenvalue weighted by Gasteiger charge is -2.11. The first kappa shape index (κ1) is 11.9. The number of phenols is 1. The molecule has 1 aromatic rings. The summed E-state index contributed by atoms with van der Waals surface area (Å²) in [6, 6.07) is 5.55. The fourth-order valence-corrected chi connectivity index (χ4v) is 1.62. The van der Waals surface area contributed by atoms with Crippen molar-refractivity contribution >= 4 is 0 Å². The summed E-state index contributed by atoms with van der Waals surface area (Å²) >= 11 is 0. The molecule has 84 valence electrons. The van der Waals surface area contributed by atoms with Gasteiger partial charge in [0, 0.05) is 6.04 Å². The normalized spacial score (nSPS) is 12.5. The molecule has 0 fully saturated rings. The molecule has 0 bridgehead atoms. The largest absolute Gasteiger partial charge is 0.504 e. The molecule has 0 saturated heterocycles. The molecule has 0 aliphatic carbocycles. The zero-order valence-corrected chi connectivity index (χ0v) is 9.36. The highest BCUT2D eigenvalue weighted by molar-refractivity contribution is 5.41. The smallest absolute Gasteiger partial charge is 0.160 e. The third kappa shape index (κ3) is 3.44. The second-order valence-electron chi connectivity index (χ2n) is 3.76. The molecule has 1 aromatic carbocycles. The molecule has 15 heavy (non-hydrogen) atoms. The zero-order valence-electron chi connectivity index (χ0n) is 9.36. The van der Waals surface area contributed by atoms with E-state index in [1.807, 2.05) is 12.1 Å². The molecular weight excluding hydrogens is 190 g/mol. The first-order chi connectivity index (χ1) is 7.17. The van der Waals surface area contributed by atoms with Crippen LogP contribution in [0.1, 0.15) is 25.3 Å². The number of hydrogen-bond acceptors (Lipinski definition) is 3. The van der Waals surface area contributed by atoms with E-state index in [2.05, 4.69) is 6.92 Å². The quantitative estimate of drug-likeness (QED) is 0.780. The van der Waals surface area contributed by atoms with E-state index < -0.39 is 0 Å². The summed E-state index contributed by atoms with van der Waals surface area (Å²) in [7, 11) is 1.55. The van der Waals surface area contributed by atoms with Gasteiger partial charge in [0.25, 0.3) is 0 Å². The molecule has 3 N–H and O–H groups in total. The van der Waals surface area contributed by atoms with Crippen molar-refractivity contribution in [2.75, 3.05) is 7.11 Å². The van der Waals surface area contributed by atoms with Gasteiger partial charge in [0.1, 0.15) is 0 Å². The number of benzene rings is 1. The van der Waals surface area contributed by atoms with E-state index in [9.17, 15) is 5.11 Å². The van der Waals surface area contributed by atoms with Gasteiger partial charge in [0.2, 0.25) is 0 Å². The highest BCUT2D eigenvalue weighted by Crippen LogP contribution is 2.26. The molecule has 1 atom stereocenters. The Morgan fingerprint density at radius 3 is 2.80 bits per heavy atom. The van der Waals surface area contributed by atoms with E-state index >= 15 is 0 Å². The van der Waals surface area contributed by atoms with Crippen molar-refractivity contribution in [2.45, 2.75) is 32.2 Å². The number of nitrogens with two attached hydrogens (primary N) is 1. The van der Waals surface area contributed by atoms with Crippen molar-refractivity contribution in [3.05, 3.63) is 23.8 Å². The molecule has 0 radical (unpaired) electrons. The van der Waals surface area contributed by atoms with E-state index in [0.717, 1.165) is 24.8 Å². The van der Waals surface area contributed by atoms with Gasteiger partial charge in [-0.05, 0) is 30.5 Å². The first-order valence-corrected chi connectivity index (χ1v) is 5.28. The zero-order chi connectivity index (χ0) is 11.3. The van der Waals surface area contributed by atoms with E-state index in [4.69, 9.17) is 10.5 Å². The van der Waals surface area contributed by atoms with Crippen LogP contribution in [0.3, 0.4) is 0 Å². The minimum atomic E-state index is 0.172. The molecule has 0 heterocycles. The Kier molecular flexibility index (Phi) is 4.43. The summed E-state index contributed by atoms with van der Waals surface area (Å²) in [4.78, 5) is 0. The molecule has 1 unspecified atom stereocenters. The van der Waals surface area contributed by atoms with E-state index in [1.165, 1.54) is 0 Å². The second-order valence-corrected chi connectivity index (χ2v) is 3.76. The van der Waals surface area contributed by atoms with Crippen LogP contribution in [0, 0.1) is 0 Å². The molecule has 0 saturated carbocycles. The third-order valence-electron chi connectivity index (χ3n) is 2.40. The van der Waals surface area contributed by atoms with Crippen molar-refractivity contribution < 1.29 is 9.84 Å². The van der Waals surface area contributed by atoms with Gasteiger partial charge >= 0.3 is 0 Å². The number of aromatic hydroxyl groups is 1. The summed E-state index contributed by atoms with van der Waals surface area (Å²) in [5.41, 5.74) is 7.04. The van der Waals surface area contributed by atoms with E-state index in [-0.39, 0.29) is 11.8 Å². The standard InChI is InChI=1S/C12H19NO2/c1-3-4-10(13)7-9-5-6-11(14)12(8-9)15-2/h5-6,8,10,14H,3-4,7,13H2,1-2H3. The van der Waals surface area contributed by atoms with Crippen molar-refractivity contribution in [3.8, 4) is 11.5 Å². The molecular formula is C12H19NO2. The van der Waals surface area contributed by atoms with E-state index in [1.54, 1.807) is 13.2 Å². The van der Waals surface area contributed by atoms with Crippen LogP contribution in [-0.2, 0) is 6.42 Å². The summed E-state index contributed by atoms with van der Waals surface area (Å²) < 4.78 is 5.04. The van der Waals surface area contributed by atoms with Crippen LogP contribution < -0.4 is 10.5 Å². The van der Waals surface area contributed by atoms with Gasteiger partial charge in [-0.15, -0.1) is 0 Å². The van der Waals surface area contributed by atoms with Crippen molar-refractivity contribution in [1.29, 1.82) is 0 Å². The lowest BCUT2D eigenvalue weighted by Crippen LogP contribution is -2.22. The number of ether oxygens (including phenoxy) is 1. The van der Waals surface area contributed by atoms with Crippen LogP contribution >= 0.6 is 0 Å². The lowest BCUT2D eigenvalue weighted by molar-refractivity contribution is 0.372. The molecule has 0 aliphatic rings. The van der Waals surface area contributed by atoms with Gasteiger partial charge in [-0.2, -0.15) is 0 Å². The van der Waals surface area contributed by atoms with Gasteiger partial charge < -0.3 is 15.6 Å². The Morgan fingerprint density at radius 1 is 1.47 bits per heavy atom. The predicted octanol–water partition coefficient (Wildman–Crippen LogP) is 2.07. The van der Waals surface area contributed by atoms with Gasteiger partial charge in [-0.3, -0.25) is 0 Å². The van der Waals surface area contributed by atoms with Crippen molar-refractivity contribution in [1.82, 2.24) is 0 Å². The van der Waals surface area contributed by atoms with E-state index in [0.29, 0.717) is 5.75 Å². The SMILES string of the molecule is CCCC(N)Cc1ccc(O)c(OC)c1. The van der Waals surface area contributed by atoms with Crippen LogP contribution in [0.25, 0.3) is 0 Å². The van der Waals surface area contributed by atoms with Crippen LogP contribution in [-0.4, -0.2) is 18.3 Å². The Bertz CT molecular complexity index is 312. The second kappa shape index (κ2) is 5.61. The predicted molar refractivity (Wildman–Crippen MR) is 61.2 cm³/mol. The minimum absolute atomic E-state index is 0.172. The van der Waals surface area contributed by atoms with Crippen molar-refractivity contribution in [2.24, 2.45) is 5.73 Å². The van der Waals surface area contributed by atoms with Gasteiger partial charge in [0.05, 0.1) is 7.11 Å². The monoisotopic (exact) mass is 209 g/mol. The van der Waals surface area contributed by atoms with Gasteiger partial charge in [-0.1, -0.05) is 19.4 Å². The molecule has 0 aromatic heterocycles. The summed E-state index contributed by atoms with van der Waals surface area (Å²) in [6.07, 6.45) is 2.93. The maximum atomic E-state index is 9.42. The van der Waals surface area contributed by atoms with Crippen molar-refractivity contribution in [3.63, 3.8) is 0 Å². The lowest BCUT2D eigenvalue weighted by atomic mass is 10.0. The first-order valence-electron chi connectivity index (χ1n) is 5.28. The molecule has 0 spiro atoms. The number of methoxy groups -OCH3 is 1. The van der Waals surface area contributed by atoms with Gasteiger partial charge in [0.15, 0.2) is 11.5 Å². The Balaban J connectivity index is 2.69. The molecule has 3 nitrogen and oxygen atoms in total. The topological polar surface area (TPSA) is 55.5 Å². The van der Waals surface area contributed by atoms with Crippen LogP contribution in [0.5, 0.6) is 11.5 Å². The molecule has 0 amide bonds. The molecule has 1 rings (SSSR count). The average Bonchev–Trinajstić information content (AvgIpc) is 2.21. The molecule has 3 heteroatoms. The fraction of sp³-hybridized carbons (Fsp3) is 0.500. The Labute approximate surface area is 90.9 Å². The Morgan fingerprint density at radius 2 is 2.20 bits per heavy atom. The van der Waals surface area contributed by atoms with Crippen LogP contribution in [0.2, 0.25) is 0 Å². The van der Waals surface area contributed by atoms with Crippen LogP contribution in [0.15, 0.2) is 18.2 Å². The summed E-state index contributed by atoms with van der Waals surface area (Å²) in [5, 5.41) is 9.42. The highest BCUT2D eigenvalue weighted by Gasteiger charge is 2.06. The molecule has 0 aliphatic heterocycles. The maximum absolute atomic E-state index is 9.42. The Hall–Kier alpha value is -1.22. The average molecular weight is 209 g/mol. The fourth-order valence-electron chi connectivity index (χ4n) is 1.62. The maximum Gasteiger partial charge on any atom is 0.160 e. The number of rotatable bonds is 5. The number of phenolic OH excluding ortho intramolecular Hbond substituents is 1. The highest BCUT2D eigenvalue weighted by atomic mass is 16.5. The summed E-state index contributed by atoms with van der Waals surface area (Å²) in [5.74, 6) is 0.682. The summed E-state index contributed by atoms with van der Waals surface area (Å²) in [6.45, 7) is 2.12. The van der Waals surface area contributed by atoms with Gasteiger partial charge in [-0.25, -0.2) is 0 Å². The minimum Gasteiger partial charge on any atom is -0.504 e. The number of hydrogen-bond donors (Lipinski definition) is 2.